The maximum absolute atomic E-state index is 11.0. The van der Waals surface area contributed by atoms with Crippen LogP contribution in [0.25, 0.3) is 0 Å². The first-order valence-electron chi connectivity index (χ1n) is 5.11. The molecule has 0 heterocycles. The van der Waals surface area contributed by atoms with Gasteiger partial charge in [0.25, 0.3) is 0 Å². The Morgan fingerprint density at radius 1 is 1.50 bits per heavy atom. The van der Waals surface area contributed by atoms with Crippen LogP contribution in [0.15, 0.2) is 23.1 Å². The lowest BCUT2D eigenvalue weighted by Gasteiger charge is -2.08. The van der Waals surface area contributed by atoms with Gasteiger partial charge in [-0.25, -0.2) is 4.79 Å². The maximum Gasteiger partial charge on any atom is 0.336 e. The predicted molar refractivity (Wildman–Crippen MR) is 65.4 cm³/mol. The molecule has 1 aromatic carbocycles. The average Bonchev–Trinajstić information content (AvgIpc) is 2.25. The second-order valence-corrected chi connectivity index (χ2v) is 4.56. The van der Waals surface area contributed by atoms with Crippen molar-refractivity contribution in [1.82, 2.24) is 0 Å². The van der Waals surface area contributed by atoms with Crippen LogP contribution in [0.3, 0.4) is 0 Å². The lowest BCUT2D eigenvalue weighted by Crippen LogP contribution is -2.01. The Morgan fingerprint density at radius 3 is 2.88 bits per heavy atom. The first kappa shape index (κ1) is 13.1. The van der Waals surface area contributed by atoms with Crippen LogP contribution in [-0.2, 0) is 4.74 Å². The minimum atomic E-state index is -0.863. The van der Waals surface area contributed by atoms with Crippen molar-refractivity contribution >= 4 is 17.7 Å². The summed E-state index contributed by atoms with van der Waals surface area (Å²) in [6.45, 7) is 2.65. The Labute approximate surface area is 99.8 Å². The van der Waals surface area contributed by atoms with E-state index in [9.17, 15) is 4.79 Å². The van der Waals surface area contributed by atoms with Crippen LogP contribution in [-0.4, -0.2) is 30.5 Å². The molecule has 0 aliphatic carbocycles. The molecule has 0 unspecified atom stereocenters. The summed E-state index contributed by atoms with van der Waals surface area (Å²) in [5, 5.41) is 9.05. The predicted octanol–water partition coefficient (Wildman–Crippen LogP) is 2.82. The molecule has 0 aliphatic rings. The topological polar surface area (TPSA) is 46.5 Å². The molecule has 0 aromatic heterocycles. The third-order valence-corrected chi connectivity index (χ3v) is 3.50. The number of thioether (sulfide) groups is 1. The SMILES string of the molecule is COCCCSc1c(C)cccc1C(=O)O. The zero-order chi connectivity index (χ0) is 12.0. The van der Waals surface area contributed by atoms with E-state index in [1.807, 2.05) is 13.0 Å². The Bertz CT molecular complexity index is 363. The third kappa shape index (κ3) is 3.54. The average molecular weight is 240 g/mol. The summed E-state index contributed by atoms with van der Waals surface area (Å²) in [6, 6.07) is 5.36. The second-order valence-electron chi connectivity index (χ2n) is 3.45. The molecular weight excluding hydrogens is 224 g/mol. The first-order chi connectivity index (χ1) is 7.66. The normalized spacial score (nSPS) is 10.4. The van der Waals surface area contributed by atoms with E-state index in [-0.39, 0.29) is 0 Å². The molecule has 0 radical (unpaired) electrons. The van der Waals surface area contributed by atoms with Crippen LogP contribution in [0.1, 0.15) is 22.3 Å². The zero-order valence-corrected chi connectivity index (χ0v) is 10.3. The number of hydrogen-bond acceptors (Lipinski definition) is 3. The molecule has 0 bridgehead atoms. The highest BCUT2D eigenvalue weighted by atomic mass is 32.2. The number of carboxylic acids is 1. The maximum atomic E-state index is 11.0. The van der Waals surface area contributed by atoms with Crippen molar-refractivity contribution in [3.05, 3.63) is 29.3 Å². The van der Waals surface area contributed by atoms with Gasteiger partial charge in [-0.1, -0.05) is 12.1 Å². The number of methoxy groups -OCH3 is 1. The van der Waals surface area contributed by atoms with E-state index in [4.69, 9.17) is 9.84 Å². The summed E-state index contributed by atoms with van der Waals surface area (Å²) in [6.07, 6.45) is 0.925. The molecule has 88 valence electrons. The van der Waals surface area contributed by atoms with E-state index in [1.165, 1.54) is 0 Å². The summed E-state index contributed by atoms with van der Waals surface area (Å²) in [5.74, 6) is 0.0110. The van der Waals surface area contributed by atoms with E-state index in [1.54, 1.807) is 31.0 Å². The largest absolute Gasteiger partial charge is 0.478 e. The summed E-state index contributed by atoms with van der Waals surface area (Å²) in [4.78, 5) is 11.9. The molecule has 0 amide bonds. The molecule has 1 rings (SSSR count). The molecule has 1 aromatic rings. The van der Waals surface area contributed by atoms with Crippen molar-refractivity contribution in [2.75, 3.05) is 19.5 Å². The van der Waals surface area contributed by atoms with Crippen LogP contribution in [0.5, 0.6) is 0 Å². The number of carboxylic acid groups (broad SMARTS) is 1. The number of benzene rings is 1. The van der Waals surface area contributed by atoms with E-state index in [0.29, 0.717) is 12.2 Å². The number of rotatable bonds is 6. The Morgan fingerprint density at radius 2 is 2.25 bits per heavy atom. The Balaban J connectivity index is 2.73. The molecule has 0 saturated heterocycles. The smallest absolute Gasteiger partial charge is 0.336 e. The molecular formula is C12H16O3S. The van der Waals surface area contributed by atoms with Gasteiger partial charge in [0, 0.05) is 24.4 Å². The molecule has 1 N–H and O–H groups in total. The van der Waals surface area contributed by atoms with E-state index in [0.717, 1.165) is 22.6 Å². The molecule has 0 fully saturated rings. The quantitative estimate of drug-likeness (QED) is 0.613. The van der Waals surface area contributed by atoms with Gasteiger partial charge in [0.15, 0.2) is 0 Å². The highest BCUT2D eigenvalue weighted by molar-refractivity contribution is 7.99. The molecule has 4 heteroatoms. The molecule has 0 saturated carbocycles. The minimum absolute atomic E-state index is 0.391. The van der Waals surface area contributed by atoms with Gasteiger partial charge in [0.2, 0.25) is 0 Å². The molecule has 0 atom stereocenters. The van der Waals surface area contributed by atoms with Crippen LogP contribution < -0.4 is 0 Å². The van der Waals surface area contributed by atoms with Gasteiger partial charge in [-0.05, 0) is 25.0 Å². The van der Waals surface area contributed by atoms with Crippen LogP contribution in [0, 0.1) is 6.92 Å². The summed E-state index contributed by atoms with van der Waals surface area (Å²) in [5.41, 5.74) is 1.41. The molecule has 16 heavy (non-hydrogen) atoms. The third-order valence-electron chi connectivity index (χ3n) is 2.18. The fourth-order valence-corrected chi connectivity index (χ4v) is 2.46. The second kappa shape index (κ2) is 6.55. The van der Waals surface area contributed by atoms with Crippen molar-refractivity contribution in [3.63, 3.8) is 0 Å². The summed E-state index contributed by atoms with van der Waals surface area (Å²) < 4.78 is 4.96. The number of hydrogen-bond donors (Lipinski definition) is 1. The highest BCUT2D eigenvalue weighted by Gasteiger charge is 2.11. The van der Waals surface area contributed by atoms with Gasteiger partial charge < -0.3 is 9.84 Å². The standard InChI is InChI=1S/C12H16O3S/c1-9-5-3-6-10(12(13)14)11(9)16-8-4-7-15-2/h3,5-6H,4,7-8H2,1-2H3,(H,13,14). The molecule has 3 nitrogen and oxygen atoms in total. The fraction of sp³-hybridized carbons (Fsp3) is 0.417. The van der Waals surface area contributed by atoms with Gasteiger partial charge in [-0.2, -0.15) is 0 Å². The Kier molecular flexibility index (Phi) is 5.35. The number of aryl methyl sites for hydroxylation is 1. The Hall–Kier alpha value is -1.00. The number of aromatic carboxylic acids is 1. The van der Waals surface area contributed by atoms with Crippen LogP contribution >= 0.6 is 11.8 Å². The number of ether oxygens (including phenoxy) is 1. The van der Waals surface area contributed by atoms with Gasteiger partial charge in [-0.15, -0.1) is 11.8 Å². The lowest BCUT2D eigenvalue weighted by molar-refractivity contribution is 0.0693. The van der Waals surface area contributed by atoms with Crippen molar-refractivity contribution in [2.45, 2.75) is 18.2 Å². The fourth-order valence-electron chi connectivity index (χ4n) is 1.39. The lowest BCUT2D eigenvalue weighted by atomic mass is 10.1. The van der Waals surface area contributed by atoms with Crippen molar-refractivity contribution in [1.29, 1.82) is 0 Å². The summed E-state index contributed by atoms with van der Waals surface area (Å²) >= 11 is 1.58. The van der Waals surface area contributed by atoms with E-state index < -0.39 is 5.97 Å². The van der Waals surface area contributed by atoms with Gasteiger partial charge in [0.1, 0.15) is 0 Å². The first-order valence-corrected chi connectivity index (χ1v) is 6.10. The van der Waals surface area contributed by atoms with Gasteiger partial charge in [0.05, 0.1) is 5.56 Å². The zero-order valence-electron chi connectivity index (χ0n) is 9.53. The van der Waals surface area contributed by atoms with Gasteiger partial charge >= 0.3 is 5.97 Å². The van der Waals surface area contributed by atoms with Crippen LogP contribution in [0.2, 0.25) is 0 Å². The number of carbonyl (C=O) groups is 1. The molecule has 0 spiro atoms. The van der Waals surface area contributed by atoms with Crippen molar-refractivity contribution in [2.24, 2.45) is 0 Å². The van der Waals surface area contributed by atoms with Crippen molar-refractivity contribution in [3.8, 4) is 0 Å². The summed E-state index contributed by atoms with van der Waals surface area (Å²) in [7, 11) is 1.67. The van der Waals surface area contributed by atoms with Crippen molar-refractivity contribution < 1.29 is 14.6 Å². The van der Waals surface area contributed by atoms with E-state index in [2.05, 4.69) is 0 Å². The monoisotopic (exact) mass is 240 g/mol. The van der Waals surface area contributed by atoms with Crippen LogP contribution in [0.4, 0.5) is 0 Å². The highest BCUT2D eigenvalue weighted by Crippen LogP contribution is 2.27. The van der Waals surface area contributed by atoms with E-state index >= 15 is 0 Å². The molecule has 0 aliphatic heterocycles. The van der Waals surface area contributed by atoms with Gasteiger partial charge in [-0.3, -0.25) is 0 Å². The minimum Gasteiger partial charge on any atom is -0.478 e.